The Hall–Kier alpha value is -3.17. The molecule has 2 aliphatic rings. The molecule has 198 valence electrons. The van der Waals surface area contributed by atoms with Crippen LogP contribution in [-0.2, 0) is 10.5 Å². The molecule has 0 bridgehead atoms. The minimum atomic E-state index is -0.506. The molecule has 0 radical (unpaired) electrons. The SMILES string of the molecule is Cc1cc(C)c(C2C(C#N)=C(N)N(c3cccc(Cl)c3C)C3=C2C(=O)CCC3)cc1CSc1ccc(Cl)cc1. The Morgan fingerprint density at radius 1 is 1.05 bits per heavy atom. The van der Waals surface area contributed by atoms with Gasteiger partial charge in [-0.15, -0.1) is 11.8 Å². The van der Waals surface area contributed by atoms with E-state index in [-0.39, 0.29) is 5.78 Å². The van der Waals surface area contributed by atoms with Crippen molar-refractivity contribution in [2.45, 2.75) is 56.6 Å². The third-order valence-electron chi connectivity index (χ3n) is 7.64. The molecule has 0 amide bonds. The fourth-order valence-electron chi connectivity index (χ4n) is 5.59. The van der Waals surface area contributed by atoms with Gasteiger partial charge in [-0.1, -0.05) is 41.4 Å². The van der Waals surface area contributed by atoms with Crippen molar-refractivity contribution in [2.75, 3.05) is 4.90 Å². The van der Waals surface area contributed by atoms with E-state index in [0.717, 1.165) is 50.7 Å². The quantitative estimate of drug-likeness (QED) is 0.310. The molecule has 0 saturated carbocycles. The zero-order valence-corrected chi connectivity index (χ0v) is 24.5. The minimum absolute atomic E-state index is 0.0724. The third-order valence-corrected chi connectivity index (χ3v) is 9.36. The van der Waals surface area contributed by atoms with Gasteiger partial charge in [0.15, 0.2) is 5.78 Å². The molecule has 0 saturated heterocycles. The van der Waals surface area contributed by atoms with Gasteiger partial charge in [-0.05, 0) is 97.8 Å². The fourth-order valence-corrected chi connectivity index (χ4v) is 6.84. The molecule has 3 aromatic rings. The molecule has 4 nitrogen and oxygen atoms in total. The lowest BCUT2D eigenvalue weighted by Crippen LogP contribution is -2.39. The van der Waals surface area contributed by atoms with Gasteiger partial charge in [0.05, 0.1) is 23.2 Å². The number of benzene rings is 3. The Labute approximate surface area is 244 Å². The Kier molecular flexibility index (Phi) is 7.82. The number of thioether (sulfide) groups is 1. The second kappa shape index (κ2) is 11.1. The molecule has 1 heterocycles. The van der Waals surface area contributed by atoms with Crippen LogP contribution in [0.15, 0.2) is 82.2 Å². The van der Waals surface area contributed by atoms with Crippen molar-refractivity contribution in [1.82, 2.24) is 0 Å². The molecule has 7 heteroatoms. The number of nitrogens with two attached hydrogens (primary N) is 1. The number of nitrogens with zero attached hydrogens (tertiary/aromatic N) is 2. The van der Waals surface area contributed by atoms with E-state index in [1.54, 1.807) is 11.8 Å². The van der Waals surface area contributed by atoms with E-state index in [1.807, 2.05) is 61.2 Å². The van der Waals surface area contributed by atoms with Crippen LogP contribution in [0.25, 0.3) is 0 Å². The molecule has 0 aromatic heterocycles. The van der Waals surface area contributed by atoms with Crippen molar-refractivity contribution >= 4 is 46.4 Å². The van der Waals surface area contributed by atoms with Crippen molar-refractivity contribution in [3.8, 4) is 6.07 Å². The highest BCUT2D eigenvalue weighted by atomic mass is 35.5. The van der Waals surface area contributed by atoms with Gasteiger partial charge in [0.25, 0.3) is 0 Å². The van der Waals surface area contributed by atoms with Crippen LogP contribution in [0.2, 0.25) is 10.0 Å². The van der Waals surface area contributed by atoms with Gasteiger partial charge in [0.2, 0.25) is 0 Å². The number of ketones is 1. The molecule has 1 atom stereocenters. The number of halogens is 2. The maximum absolute atomic E-state index is 13.6. The van der Waals surface area contributed by atoms with Crippen molar-refractivity contribution in [1.29, 1.82) is 5.26 Å². The number of anilines is 1. The summed E-state index contributed by atoms with van der Waals surface area (Å²) >= 11 is 14.3. The van der Waals surface area contributed by atoms with Gasteiger partial charge in [0.1, 0.15) is 5.82 Å². The van der Waals surface area contributed by atoms with E-state index in [1.165, 1.54) is 5.56 Å². The fraction of sp³-hybridized carbons (Fsp3) is 0.250. The molecule has 0 fully saturated rings. The monoisotopic (exact) mass is 573 g/mol. The predicted molar refractivity (Wildman–Crippen MR) is 161 cm³/mol. The van der Waals surface area contributed by atoms with Gasteiger partial charge in [-0.2, -0.15) is 5.26 Å². The number of Topliss-reactive ketones (excluding diaryl/α,β-unsaturated/α-hetero) is 1. The second-order valence-electron chi connectivity index (χ2n) is 10.1. The molecule has 1 aliphatic carbocycles. The molecule has 3 aromatic carbocycles. The van der Waals surface area contributed by atoms with Crippen LogP contribution in [0.3, 0.4) is 0 Å². The van der Waals surface area contributed by atoms with E-state index in [0.29, 0.717) is 39.9 Å². The number of nitriles is 1. The first kappa shape index (κ1) is 27.4. The lowest BCUT2D eigenvalue weighted by molar-refractivity contribution is -0.116. The normalized spacial score (nSPS) is 17.4. The van der Waals surface area contributed by atoms with Crippen LogP contribution >= 0.6 is 35.0 Å². The Morgan fingerprint density at radius 2 is 1.79 bits per heavy atom. The highest BCUT2D eigenvalue weighted by Crippen LogP contribution is 2.48. The van der Waals surface area contributed by atoms with Crippen LogP contribution in [0.1, 0.15) is 53.0 Å². The third kappa shape index (κ3) is 5.10. The van der Waals surface area contributed by atoms with E-state index >= 15 is 0 Å². The lowest BCUT2D eigenvalue weighted by Gasteiger charge is -2.40. The van der Waals surface area contributed by atoms with Crippen LogP contribution in [0.4, 0.5) is 5.69 Å². The summed E-state index contributed by atoms with van der Waals surface area (Å²) in [4.78, 5) is 16.6. The van der Waals surface area contributed by atoms with Gasteiger partial charge in [0, 0.05) is 38.4 Å². The van der Waals surface area contributed by atoms with Crippen molar-refractivity contribution in [3.63, 3.8) is 0 Å². The molecule has 1 aliphatic heterocycles. The summed E-state index contributed by atoms with van der Waals surface area (Å²) in [5, 5.41) is 11.8. The van der Waals surface area contributed by atoms with Crippen LogP contribution in [0.5, 0.6) is 0 Å². The van der Waals surface area contributed by atoms with Gasteiger partial charge >= 0.3 is 0 Å². The van der Waals surface area contributed by atoms with E-state index in [9.17, 15) is 10.1 Å². The predicted octanol–water partition coefficient (Wildman–Crippen LogP) is 8.52. The molecular weight excluding hydrogens is 545 g/mol. The maximum atomic E-state index is 13.6. The summed E-state index contributed by atoms with van der Waals surface area (Å²) in [5.74, 6) is 0.678. The van der Waals surface area contributed by atoms with Gasteiger partial charge in [-0.3, -0.25) is 9.69 Å². The summed E-state index contributed by atoms with van der Waals surface area (Å²) in [7, 11) is 0. The van der Waals surface area contributed by atoms with E-state index in [4.69, 9.17) is 28.9 Å². The van der Waals surface area contributed by atoms with Crippen LogP contribution in [-0.4, -0.2) is 5.78 Å². The van der Waals surface area contributed by atoms with Crippen molar-refractivity contribution in [2.24, 2.45) is 5.73 Å². The Bertz CT molecular complexity index is 1580. The number of carbonyl (C=O) groups excluding carboxylic acids is 1. The highest BCUT2D eigenvalue weighted by molar-refractivity contribution is 7.98. The number of hydrogen-bond donors (Lipinski definition) is 1. The number of hydrogen-bond acceptors (Lipinski definition) is 5. The minimum Gasteiger partial charge on any atom is -0.384 e. The zero-order chi connectivity index (χ0) is 27.8. The van der Waals surface area contributed by atoms with E-state index in [2.05, 4.69) is 25.1 Å². The first-order chi connectivity index (χ1) is 18.7. The Morgan fingerprint density at radius 3 is 2.51 bits per heavy atom. The van der Waals surface area contributed by atoms with Crippen LogP contribution in [0, 0.1) is 32.1 Å². The number of carbonyl (C=O) groups is 1. The van der Waals surface area contributed by atoms with Crippen molar-refractivity contribution < 1.29 is 4.79 Å². The summed E-state index contributed by atoms with van der Waals surface area (Å²) in [5.41, 5.74) is 14.7. The van der Waals surface area contributed by atoms with Gasteiger partial charge < -0.3 is 5.73 Å². The topological polar surface area (TPSA) is 70.1 Å². The second-order valence-corrected chi connectivity index (χ2v) is 12.0. The lowest BCUT2D eigenvalue weighted by atomic mass is 9.74. The van der Waals surface area contributed by atoms with Crippen molar-refractivity contribution in [3.05, 3.63) is 115 Å². The summed E-state index contributed by atoms with van der Waals surface area (Å²) in [6.45, 7) is 6.08. The van der Waals surface area contributed by atoms with E-state index < -0.39 is 5.92 Å². The number of rotatable bonds is 5. The zero-order valence-electron chi connectivity index (χ0n) is 22.1. The average molecular weight is 575 g/mol. The standard InChI is InChI=1S/C32H29Cl2N3OS/c1-18-14-19(2)24(15-21(18)17-39-23-12-10-22(33)11-13-23)30-25(16-35)32(36)37(27-7-4-6-26(34)20(27)3)28-8-5-9-29(38)31(28)30/h4,6-7,10-15,30H,5,8-9,17,36H2,1-3H3. The molecule has 39 heavy (non-hydrogen) atoms. The highest BCUT2D eigenvalue weighted by Gasteiger charge is 2.41. The van der Waals surface area contributed by atoms with Crippen LogP contribution < -0.4 is 10.6 Å². The molecular formula is C32H29Cl2N3OS. The number of aryl methyl sites for hydroxylation is 2. The largest absolute Gasteiger partial charge is 0.384 e. The average Bonchev–Trinajstić information content (AvgIpc) is 2.91. The molecule has 0 spiro atoms. The first-order valence-electron chi connectivity index (χ1n) is 12.9. The summed E-state index contributed by atoms with van der Waals surface area (Å²) in [6.07, 6.45) is 1.90. The molecule has 2 N–H and O–H groups in total. The summed E-state index contributed by atoms with van der Waals surface area (Å²) < 4.78 is 0. The smallest absolute Gasteiger partial charge is 0.161 e. The molecule has 5 rings (SSSR count). The first-order valence-corrected chi connectivity index (χ1v) is 14.6. The molecule has 1 unspecified atom stereocenters. The summed E-state index contributed by atoms with van der Waals surface area (Å²) in [6, 6.07) is 20.2. The Balaban J connectivity index is 1.64. The van der Waals surface area contributed by atoms with Gasteiger partial charge in [-0.25, -0.2) is 0 Å². The maximum Gasteiger partial charge on any atom is 0.161 e. The number of allylic oxidation sites excluding steroid dienone is 3.